The number of hydrogen-bond acceptors (Lipinski definition) is 5. The van der Waals surface area contributed by atoms with Crippen LogP contribution in [-0.2, 0) is 30.8 Å². The highest BCUT2D eigenvalue weighted by molar-refractivity contribution is 7.92. The number of para-hydroxylation sites is 1. The molecule has 2 atom stereocenters. The van der Waals surface area contributed by atoms with Crippen molar-refractivity contribution in [1.82, 2.24) is 15.5 Å². The van der Waals surface area contributed by atoms with Crippen LogP contribution >= 0.6 is 11.6 Å². The zero-order valence-corrected chi connectivity index (χ0v) is 22.1. The van der Waals surface area contributed by atoms with Gasteiger partial charge in [0.25, 0.3) is 0 Å². The molecule has 3 N–H and O–H groups in total. The number of sulfonamides is 1. The monoisotopic (exact) mass is 546 g/mol. The van der Waals surface area contributed by atoms with Crippen LogP contribution in [0.25, 0.3) is 0 Å². The highest BCUT2D eigenvalue weighted by Crippen LogP contribution is 2.33. The number of nitrogens with one attached hydrogen (secondary N) is 3. The topological polar surface area (TPSA) is 125 Å². The molecule has 37 heavy (non-hydrogen) atoms. The molecular formula is C26H31ClN4O5S. The first-order chi connectivity index (χ1) is 17.6. The van der Waals surface area contributed by atoms with Crippen molar-refractivity contribution >= 4 is 45.0 Å². The highest BCUT2D eigenvalue weighted by Gasteiger charge is 2.34. The average Bonchev–Trinajstić information content (AvgIpc) is 3.30. The van der Waals surface area contributed by atoms with Crippen molar-refractivity contribution in [3.8, 4) is 0 Å². The summed E-state index contributed by atoms with van der Waals surface area (Å²) in [6.07, 6.45) is 3.43. The van der Waals surface area contributed by atoms with Crippen LogP contribution in [0.2, 0.25) is 5.02 Å². The second-order valence-corrected chi connectivity index (χ2v) is 11.8. The lowest BCUT2D eigenvalue weighted by atomic mass is 9.88. The van der Waals surface area contributed by atoms with Crippen molar-refractivity contribution in [3.63, 3.8) is 0 Å². The number of carbonyl (C=O) groups excluding carboxylic acids is 3. The fourth-order valence-electron chi connectivity index (χ4n) is 4.92. The normalized spacial score (nSPS) is 19.2. The Morgan fingerprint density at radius 2 is 1.76 bits per heavy atom. The number of piperidine rings is 1. The minimum Gasteiger partial charge on any atom is -0.344 e. The van der Waals surface area contributed by atoms with Crippen molar-refractivity contribution < 1.29 is 22.8 Å². The zero-order valence-electron chi connectivity index (χ0n) is 20.6. The van der Waals surface area contributed by atoms with E-state index in [1.165, 1.54) is 0 Å². The van der Waals surface area contributed by atoms with E-state index in [9.17, 15) is 22.8 Å². The molecule has 2 aliphatic rings. The summed E-state index contributed by atoms with van der Waals surface area (Å²) in [4.78, 5) is 39.8. The summed E-state index contributed by atoms with van der Waals surface area (Å²) in [7, 11) is -3.42. The Labute approximate surface area is 222 Å². The molecule has 0 aliphatic carbocycles. The van der Waals surface area contributed by atoms with E-state index in [-0.39, 0.29) is 30.1 Å². The van der Waals surface area contributed by atoms with E-state index in [2.05, 4.69) is 15.4 Å². The van der Waals surface area contributed by atoms with Crippen molar-refractivity contribution in [2.75, 3.05) is 24.1 Å². The molecule has 0 spiro atoms. The lowest BCUT2D eigenvalue weighted by molar-refractivity contribution is -0.137. The van der Waals surface area contributed by atoms with Gasteiger partial charge in [-0.2, -0.15) is 0 Å². The number of nitrogens with zero attached hydrogens (tertiary/aromatic N) is 1. The SMILES string of the molecule is CS(=O)(=O)Nc1ccccc1C1CCN(C(=O)[C@@H](Cc2ccc(Cl)cc2)NC(=O)[C@@H]2CCC(=O)N2)CC1. The van der Waals surface area contributed by atoms with Crippen LogP contribution < -0.4 is 15.4 Å². The Morgan fingerprint density at radius 1 is 1.08 bits per heavy atom. The number of carbonyl (C=O) groups is 3. The maximum absolute atomic E-state index is 13.6. The second kappa shape index (κ2) is 11.5. The molecule has 2 fully saturated rings. The van der Waals surface area contributed by atoms with E-state index in [0.717, 1.165) is 17.4 Å². The molecule has 11 heteroatoms. The Balaban J connectivity index is 1.45. The number of halogens is 1. The number of rotatable bonds is 8. The summed E-state index contributed by atoms with van der Waals surface area (Å²) < 4.78 is 26.2. The Morgan fingerprint density at radius 3 is 2.38 bits per heavy atom. The minimum absolute atomic E-state index is 0.0903. The Bertz CT molecular complexity index is 1260. The smallest absolute Gasteiger partial charge is 0.245 e. The zero-order chi connectivity index (χ0) is 26.6. The summed E-state index contributed by atoms with van der Waals surface area (Å²) in [5, 5.41) is 6.10. The van der Waals surface area contributed by atoms with Gasteiger partial charge in [-0.25, -0.2) is 8.42 Å². The van der Waals surface area contributed by atoms with E-state index < -0.39 is 22.1 Å². The lowest BCUT2D eigenvalue weighted by Gasteiger charge is -2.35. The van der Waals surface area contributed by atoms with E-state index in [0.29, 0.717) is 49.5 Å². The van der Waals surface area contributed by atoms with Gasteiger partial charge in [0.15, 0.2) is 0 Å². The summed E-state index contributed by atoms with van der Waals surface area (Å²) in [5.41, 5.74) is 2.32. The molecule has 0 bridgehead atoms. The molecule has 3 amide bonds. The summed E-state index contributed by atoms with van der Waals surface area (Å²) in [6.45, 7) is 0.952. The largest absolute Gasteiger partial charge is 0.344 e. The fourth-order valence-corrected chi connectivity index (χ4v) is 5.63. The predicted molar refractivity (Wildman–Crippen MR) is 142 cm³/mol. The summed E-state index contributed by atoms with van der Waals surface area (Å²) in [5.74, 6) is -0.636. The van der Waals surface area contributed by atoms with Gasteiger partial charge in [-0.05, 0) is 54.5 Å². The van der Waals surface area contributed by atoms with Crippen LogP contribution in [0.5, 0.6) is 0 Å². The van der Waals surface area contributed by atoms with E-state index in [1.807, 2.05) is 24.3 Å². The number of anilines is 1. The predicted octanol–water partition coefficient (Wildman–Crippen LogP) is 2.42. The fraction of sp³-hybridized carbons (Fsp3) is 0.423. The number of benzene rings is 2. The van der Waals surface area contributed by atoms with Crippen molar-refractivity contribution in [3.05, 3.63) is 64.7 Å². The van der Waals surface area contributed by atoms with Crippen LogP contribution in [0.3, 0.4) is 0 Å². The van der Waals surface area contributed by atoms with Gasteiger partial charge < -0.3 is 15.5 Å². The van der Waals surface area contributed by atoms with Crippen LogP contribution in [0.1, 0.15) is 42.7 Å². The van der Waals surface area contributed by atoms with Gasteiger partial charge in [0, 0.05) is 31.0 Å². The molecule has 2 heterocycles. The Kier molecular flexibility index (Phi) is 8.39. The molecular weight excluding hydrogens is 516 g/mol. The van der Waals surface area contributed by atoms with Gasteiger partial charge in [0.2, 0.25) is 27.7 Å². The third-order valence-corrected chi connectivity index (χ3v) is 7.62. The van der Waals surface area contributed by atoms with E-state index in [4.69, 9.17) is 11.6 Å². The maximum Gasteiger partial charge on any atom is 0.245 e. The lowest BCUT2D eigenvalue weighted by Crippen LogP contribution is -2.54. The van der Waals surface area contributed by atoms with Crippen molar-refractivity contribution in [2.24, 2.45) is 0 Å². The molecule has 4 rings (SSSR count). The van der Waals surface area contributed by atoms with Gasteiger partial charge >= 0.3 is 0 Å². The molecule has 2 aromatic carbocycles. The average molecular weight is 547 g/mol. The molecule has 0 radical (unpaired) electrons. The maximum atomic E-state index is 13.6. The molecule has 0 aromatic heterocycles. The van der Waals surface area contributed by atoms with Crippen molar-refractivity contribution in [1.29, 1.82) is 0 Å². The first kappa shape index (κ1) is 26.9. The molecule has 2 saturated heterocycles. The quantitative estimate of drug-likeness (QED) is 0.469. The first-order valence-electron chi connectivity index (χ1n) is 12.3. The second-order valence-electron chi connectivity index (χ2n) is 9.61. The summed E-state index contributed by atoms with van der Waals surface area (Å²) >= 11 is 6.00. The van der Waals surface area contributed by atoms with Crippen molar-refractivity contribution in [2.45, 2.75) is 50.1 Å². The minimum atomic E-state index is -3.42. The van der Waals surface area contributed by atoms with Crippen LogP contribution in [0, 0.1) is 0 Å². The van der Waals surface area contributed by atoms with Crippen LogP contribution in [0.15, 0.2) is 48.5 Å². The number of likely N-dealkylation sites (tertiary alicyclic amines) is 1. The molecule has 9 nitrogen and oxygen atoms in total. The summed E-state index contributed by atoms with van der Waals surface area (Å²) in [6, 6.07) is 13.0. The van der Waals surface area contributed by atoms with Gasteiger partial charge in [-0.15, -0.1) is 0 Å². The molecule has 0 unspecified atom stereocenters. The van der Waals surface area contributed by atoms with Gasteiger partial charge in [-0.3, -0.25) is 19.1 Å². The molecule has 0 saturated carbocycles. The first-order valence-corrected chi connectivity index (χ1v) is 14.6. The van der Waals surface area contributed by atoms with E-state index in [1.54, 1.807) is 29.2 Å². The number of amides is 3. The number of hydrogen-bond donors (Lipinski definition) is 3. The third kappa shape index (κ3) is 7.23. The van der Waals surface area contributed by atoms with Gasteiger partial charge in [0.05, 0.1) is 11.9 Å². The molecule has 198 valence electrons. The Hall–Kier alpha value is -3.11. The van der Waals surface area contributed by atoms with E-state index >= 15 is 0 Å². The standard InChI is InChI=1S/C26H31ClN4O5S/c1-37(35,36)30-21-5-3-2-4-20(21)18-12-14-31(15-13-18)26(34)23(16-17-6-8-19(27)9-7-17)29-25(33)22-10-11-24(32)28-22/h2-9,18,22-23,30H,10-16H2,1H3,(H,28,32)(H,29,33)/t22-,23+/m0/s1. The third-order valence-electron chi connectivity index (χ3n) is 6.78. The highest BCUT2D eigenvalue weighted by atomic mass is 35.5. The van der Waals surface area contributed by atoms with Crippen LogP contribution in [0.4, 0.5) is 5.69 Å². The van der Waals surface area contributed by atoms with Gasteiger partial charge in [0.1, 0.15) is 12.1 Å². The molecule has 2 aromatic rings. The molecule has 2 aliphatic heterocycles. The van der Waals surface area contributed by atoms with Crippen LogP contribution in [-0.4, -0.2) is 62.5 Å². The van der Waals surface area contributed by atoms with Gasteiger partial charge in [-0.1, -0.05) is 41.9 Å².